The number of carbonyl (C=O) groups excluding carboxylic acids is 2. The smallest absolute Gasteiger partial charge is 0.280 e. The molecule has 2 N–H and O–H groups in total. The van der Waals surface area contributed by atoms with Gasteiger partial charge in [0.1, 0.15) is 5.78 Å². The van der Waals surface area contributed by atoms with Crippen LogP contribution in [-0.2, 0) is 11.3 Å². The normalized spacial score (nSPS) is 20.6. The highest BCUT2D eigenvalue weighted by Gasteiger charge is 2.42. The second kappa shape index (κ2) is 8.99. The van der Waals surface area contributed by atoms with Crippen molar-refractivity contribution in [2.75, 3.05) is 18.8 Å². The Morgan fingerprint density at radius 1 is 1.17 bits per heavy atom. The fourth-order valence-corrected chi connectivity index (χ4v) is 5.42. The van der Waals surface area contributed by atoms with Crippen molar-refractivity contribution in [3.05, 3.63) is 59.1 Å². The molecule has 36 heavy (non-hydrogen) atoms. The van der Waals surface area contributed by atoms with Crippen LogP contribution in [0.15, 0.2) is 47.4 Å². The Bertz CT molecular complexity index is 1450. The number of nitrogens with zero attached hydrogens (tertiary/aromatic N) is 7. The van der Waals surface area contributed by atoms with Crippen LogP contribution in [0.25, 0.3) is 17.0 Å². The van der Waals surface area contributed by atoms with Crippen LogP contribution in [0.1, 0.15) is 35.4 Å². The summed E-state index contributed by atoms with van der Waals surface area (Å²) >= 11 is 6.11. The average Bonchev–Trinajstić information content (AvgIpc) is 3.43. The van der Waals surface area contributed by atoms with Gasteiger partial charge in [0.05, 0.1) is 17.4 Å². The van der Waals surface area contributed by atoms with Crippen molar-refractivity contribution < 1.29 is 14.2 Å². The number of nitrogens with two attached hydrogens (primary N) is 1. The molecule has 2 aliphatic heterocycles. The summed E-state index contributed by atoms with van der Waals surface area (Å²) in [5.41, 5.74) is 8.53. The van der Waals surface area contributed by atoms with Crippen LogP contribution >= 0.6 is 11.6 Å². The fraction of sp³-hybridized carbons (Fsp3) is 0.333. The van der Waals surface area contributed by atoms with Crippen LogP contribution in [0.5, 0.6) is 0 Å². The number of aromatic nitrogens is 5. The number of nitrogen functional groups attached to an aromatic ring is 1. The molecule has 0 aliphatic carbocycles. The molecule has 2 bridgehead atoms. The molecule has 2 unspecified atom stereocenters. The molecule has 0 radical (unpaired) electrons. The van der Waals surface area contributed by atoms with E-state index in [0.29, 0.717) is 43.3 Å². The molecular formula is C24H23ClN8O3. The van der Waals surface area contributed by atoms with Gasteiger partial charge < -0.3 is 10.6 Å². The maximum absolute atomic E-state index is 13.3. The number of ketones is 1. The minimum absolute atomic E-state index is 0.00863. The van der Waals surface area contributed by atoms with E-state index in [-0.39, 0.29) is 41.7 Å². The quantitative estimate of drug-likeness (QED) is 0.442. The van der Waals surface area contributed by atoms with Crippen LogP contribution in [0.3, 0.4) is 0 Å². The van der Waals surface area contributed by atoms with Crippen molar-refractivity contribution in [1.82, 2.24) is 34.5 Å². The maximum atomic E-state index is 13.3. The van der Waals surface area contributed by atoms with E-state index in [1.165, 1.54) is 0 Å². The van der Waals surface area contributed by atoms with E-state index in [1.54, 1.807) is 11.1 Å². The van der Waals surface area contributed by atoms with Crippen LogP contribution in [0.2, 0.25) is 5.02 Å². The Labute approximate surface area is 210 Å². The summed E-state index contributed by atoms with van der Waals surface area (Å²) in [7, 11) is 0. The van der Waals surface area contributed by atoms with Crippen LogP contribution in [-0.4, -0.2) is 71.3 Å². The van der Waals surface area contributed by atoms with Gasteiger partial charge in [-0.15, -0.1) is 0 Å². The van der Waals surface area contributed by atoms with Gasteiger partial charge in [-0.1, -0.05) is 23.7 Å². The van der Waals surface area contributed by atoms with Gasteiger partial charge in [-0.25, -0.2) is 14.6 Å². The first-order valence-corrected chi connectivity index (χ1v) is 12.1. The molecule has 0 spiro atoms. The number of rotatable bonds is 4. The van der Waals surface area contributed by atoms with Crippen LogP contribution < -0.4 is 5.73 Å². The second-order valence-corrected chi connectivity index (χ2v) is 9.63. The summed E-state index contributed by atoms with van der Waals surface area (Å²) in [6, 6.07) is 8.90. The number of hydrogen-bond acceptors (Lipinski definition) is 9. The zero-order valence-corrected chi connectivity index (χ0v) is 20.0. The predicted molar refractivity (Wildman–Crippen MR) is 130 cm³/mol. The number of Topliss-reactive ketones (excluding diaryl/α,β-unsaturated/α-hetero) is 1. The number of hydrogen-bond donors (Lipinski definition) is 1. The van der Waals surface area contributed by atoms with Crippen molar-refractivity contribution in [3.8, 4) is 11.3 Å². The van der Waals surface area contributed by atoms with Crippen molar-refractivity contribution in [3.63, 3.8) is 0 Å². The average molecular weight is 507 g/mol. The third-order valence-electron chi connectivity index (χ3n) is 6.91. The van der Waals surface area contributed by atoms with Crippen molar-refractivity contribution >= 4 is 34.9 Å². The summed E-state index contributed by atoms with van der Waals surface area (Å²) in [5, 5.41) is 7.90. The molecule has 2 atom stereocenters. The molecule has 0 saturated carbocycles. The number of benzene rings is 1. The minimum Gasteiger partial charge on any atom is -0.379 e. The number of carbonyl (C=O) groups is 2. The molecule has 2 fully saturated rings. The summed E-state index contributed by atoms with van der Waals surface area (Å²) in [6.07, 6.45) is 4.90. The van der Waals surface area contributed by atoms with E-state index < -0.39 is 0 Å². The minimum atomic E-state index is -0.348. The Balaban J connectivity index is 1.33. The topological polar surface area (TPSA) is 136 Å². The maximum Gasteiger partial charge on any atom is 0.280 e. The molecule has 184 valence electrons. The lowest BCUT2D eigenvalue weighted by atomic mass is 9.93. The Kier molecular flexibility index (Phi) is 5.65. The van der Waals surface area contributed by atoms with E-state index >= 15 is 0 Å². The van der Waals surface area contributed by atoms with Gasteiger partial charge in [0, 0.05) is 61.5 Å². The summed E-state index contributed by atoms with van der Waals surface area (Å²) in [4.78, 5) is 39.1. The largest absolute Gasteiger partial charge is 0.379 e. The molecule has 12 heteroatoms. The van der Waals surface area contributed by atoms with Crippen molar-refractivity contribution in [1.29, 1.82) is 0 Å². The number of amides is 1. The van der Waals surface area contributed by atoms with Crippen molar-refractivity contribution in [2.24, 2.45) is 0 Å². The molecule has 4 aromatic rings. The fourth-order valence-electron chi connectivity index (χ4n) is 5.30. The van der Waals surface area contributed by atoms with E-state index in [9.17, 15) is 9.59 Å². The third kappa shape index (κ3) is 3.99. The van der Waals surface area contributed by atoms with Gasteiger partial charge in [0.25, 0.3) is 5.91 Å². The van der Waals surface area contributed by atoms with E-state index in [0.717, 1.165) is 17.0 Å². The molecule has 5 heterocycles. The van der Waals surface area contributed by atoms with Crippen molar-refractivity contribution in [2.45, 2.75) is 37.9 Å². The Morgan fingerprint density at radius 3 is 2.75 bits per heavy atom. The molecule has 3 aromatic heterocycles. The first-order chi connectivity index (χ1) is 17.5. The monoisotopic (exact) mass is 506 g/mol. The van der Waals surface area contributed by atoms with Gasteiger partial charge >= 0.3 is 0 Å². The summed E-state index contributed by atoms with van der Waals surface area (Å²) in [6.45, 7) is 1.79. The molecular weight excluding hydrogens is 484 g/mol. The van der Waals surface area contributed by atoms with Gasteiger partial charge in [0.2, 0.25) is 17.3 Å². The number of halogens is 1. The zero-order valence-electron chi connectivity index (χ0n) is 19.2. The van der Waals surface area contributed by atoms with Gasteiger partial charge in [0.15, 0.2) is 0 Å². The van der Waals surface area contributed by atoms with E-state index in [2.05, 4.69) is 24.8 Å². The number of anilines is 1. The number of imidazole rings is 1. The molecule has 2 saturated heterocycles. The second-order valence-electron chi connectivity index (χ2n) is 9.19. The molecule has 6 rings (SSSR count). The SMILES string of the molecule is Nc1nonc1C(=O)N1C2CCN(Cc3c(-c4ccc(Cl)cc4)nc4ncccn34)CC1CC(=O)C2. The first-order valence-electron chi connectivity index (χ1n) is 11.7. The lowest BCUT2D eigenvalue weighted by Crippen LogP contribution is -2.53. The van der Waals surface area contributed by atoms with Crippen LogP contribution in [0, 0.1) is 0 Å². The Hall–Kier alpha value is -3.83. The van der Waals surface area contributed by atoms with E-state index in [1.807, 2.05) is 40.9 Å². The standard InChI is InChI=1S/C24H23ClN8O3/c25-15-4-2-14(3-5-15)20-19(32-8-1-7-27-24(32)28-20)13-31-9-6-16-10-18(34)11-17(12-31)33(16)23(35)21-22(26)30-36-29-21/h1-5,7-8,16-17H,6,9-13H2,(H2,26,30). The zero-order chi connectivity index (χ0) is 24.8. The number of fused-ring (bicyclic) bond motifs is 3. The highest BCUT2D eigenvalue weighted by atomic mass is 35.5. The highest BCUT2D eigenvalue weighted by Crippen LogP contribution is 2.32. The third-order valence-corrected chi connectivity index (χ3v) is 7.16. The summed E-state index contributed by atoms with van der Waals surface area (Å²) < 4.78 is 6.64. The van der Waals surface area contributed by atoms with E-state index in [4.69, 9.17) is 22.3 Å². The molecule has 11 nitrogen and oxygen atoms in total. The lowest BCUT2D eigenvalue weighted by molar-refractivity contribution is -0.124. The highest BCUT2D eigenvalue weighted by molar-refractivity contribution is 6.30. The predicted octanol–water partition coefficient (Wildman–Crippen LogP) is 2.46. The molecule has 2 aliphatic rings. The van der Waals surface area contributed by atoms with Gasteiger partial charge in [-0.2, -0.15) is 0 Å². The van der Waals surface area contributed by atoms with Gasteiger partial charge in [-0.05, 0) is 34.9 Å². The van der Waals surface area contributed by atoms with Gasteiger partial charge in [-0.3, -0.25) is 18.9 Å². The summed E-state index contributed by atoms with van der Waals surface area (Å²) in [5.74, 6) is 0.366. The molecule has 1 amide bonds. The lowest BCUT2D eigenvalue weighted by Gasteiger charge is -2.39. The van der Waals surface area contributed by atoms with Crippen LogP contribution in [0.4, 0.5) is 5.82 Å². The Morgan fingerprint density at radius 2 is 1.97 bits per heavy atom. The molecule has 1 aromatic carbocycles. The first kappa shape index (κ1) is 22.6. The number of piperidine rings is 1.